The maximum Gasteiger partial charge on any atom is 0.00557 e. The number of unbranched alkanes of at least 4 members (excludes halogenated alkanes) is 1. The average Bonchev–Trinajstić information content (AvgIpc) is 2.78. The van der Waals surface area contributed by atoms with Gasteiger partial charge in [-0.1, -0.05) is 99.1 Å². The van der Waals surface area contributed by atoms with E-state index in [4.69, 9.17) is 0 Å². The van der Waals surface area contributed by atoms with Crippen LogP contribution in [0.1, 0.15) is 88.8 Å². The summed E-state index contributed by atoms with van der Waals surface area (Å²) in [7, 11) is -0.126. The number of rotatable bonds is 6. The highest BCUT2D eigenvalue weighted by Gasteiger charge is 2.39. The summed E-state index contributed by atoms with van der Waals surface area (Å²) < 4.78 is 0. The lowest BCUT2D eigenvalue weighted by molar-refractivity contribution is 0.523. The SMILES string of the molecule is CCCCP1C(c2ccc(C)cc2C)CC(c2ccccc2)CC1c1ccc(C)cc1C. The molecule has 2 atom stereocenters. The lowest BCUT2D eigenvalue weighted by Crippen LogP contribution is -2.20. The Morgan fingerprint density at radius 2 is 1.25 bits per heavy atom. The van der Waals surface area contributed by atoms with Gasteiger partial charge >= 0.3 is 0 Å². The van der Waals surface area contributed by atoms with Gasteiger partial charge < -0.3 is 0 Å². The average molecular weight is 443 g/mol. The summed E-state index contributed by atoms with van der Waals surface area (Å²) in [6.07, 6.45) is 6.63. The molecule has 0 nitrogen and oxygen atoms in total. The van der Waals surface area contributed by atoms with Crippen molar-refractivity contribution in [3.05, 3.63) is 106 Å². The van der Waals surface area contributed by atoms with E-state index >= 15 is 0 Å². The lowest BCUT2D eigenvalue weighted by Gasteiger charge is -2.44. The summed E-state index contributed by atoms with van der Waals surface area (Å²) in [5.41, 5.74) is 11.9. The molecule has 4 rings (SSSR count). The number of hydrogen-bond acceptors (Lipinski definition) is 0. The molecule has 0 saturated carbocycles. The van der Waals surface area contributed by atoms with Gasteiger partial charge in [0.15, 0.2) is 0 Å². The first-order chi connectivity index (χ1) is 15.5. The number of hydrogen-bond donors (Lipinski definition) is 0. The highest BCUT2D eigenvalue weighted by Crippen LogP contribution is 2.70. The van der Waals surface area contributed by atoms with Crippen molar-refractivity contribution in [2.45, 2.75) is 77.5 Å². The summed E-state index contributed by atoms with van der Waals surface area (Å²) in [5.74, 6) is 0.632. The first-order valence-electron chi connectivity index (χ1n) is 12.4. The molecule has 0 spiro atoms. The van der Waals surface area contributed by atoms with E-state index < -0.39 is 0 Å². The van der Waals surface area contributed by atoms with Crippen LogP contribution in [-0.4, -0.2) is 6.16 Å². The molecule has 1 aliphatic heterocycles. The normalized spacial score (nSPS) is 23.3. The second-order valence-corrected chi connectivity index (χ2v) is 12.6. The van der Waals surface area contributed by atoms with Crippen molar-refractivity contribution in [1.82, 2.24) is 0 Å². The van der Waals surface area contributed by atoms with Crippen LogP contribution in [0, 0.1) is 27.7 Å². The van der Waals surface area contributed by atoms with Crippen molar-refractivity contribution < 1.29 is 0 Å². The van der Waals surface area contributed by atoms with Crippen LogP contribution in [0.15, 0.2) is 66.7 Å². The summed E-state index contributed by atoms with van der Waals surface area (Å²) in [6.45, 7) is 11.5. The van der Waals surface area contributed by atoms with Gasteiger partial charge in [-0.2, -0.15) is 0 Å². The fourth-order valence-electron chi connectivity index (χ4n) is 5.78. The van der Waals surface area contributed by atoms with E-state index in [0.29, 0.717) is 17.2 Å². The van der Waals surface area contributed by atoms with Crippen LogP contribution in [0.5, 0.6) is 0 Å². The molecule has 1 fully saturated rings. The predicted octanol–water partition coefficient (Wildman–Crippen LogP) is 9.56. The Bertz CT molecular complexity index is 974. The monoisotopic (exact) mass is 442 g/mol. The summed E-state index contributed by atoms with van der Waals surface area (Å²) in [5, 5.41) is 0. The third-order valence-electron chi connectivity index (χ3n) is 7.43. The second-order valence-electron chi connectivity index (χ2n) is 9.92. The van der Waals surface area contributed by atoms with Crippen molar-refractivity contribution in [2.75, 3.05) is 6.16 Å². The second kappa shape index (κ2) is 10.4. The van der Waals surface area contributed by atoms with Crippen LogP contribution in [0.25, 0.3) is 0 Å². The zero-order valence-corrected chi connectivity index (χ0v) is 21.5. The van der Waals surface area contributed by atoms with E-state index in [1.807, 2.05) is 0 Å². The fourth-order valence-corrected chi connectivity index (χ4v) is 9.87. The molecule has 0 aliphatic carbocycles. The van der Waals surface area contributed by atoms with Crippen molar-refractivity contribution in [2.24, 2.45) is 0 Å². The molecule has 32 heavy (non-hydrogen) atoms. The first-order valence-corrected chi connectivity index (χ1v) is 14.1. The van der Waals surface area contributed by atoms with Crippen LogP contribution < -0.4 is 0 Å². The van der Waals surface area contributed by atoms with Gasteiger partial charge in [0.25, 0.3) is 0 Å². The minimum absolute atomic E-state index is 0.126. The first kappa shape index (κ1) is 23.3. The molecule has 2 unspecified atom stereocenters. The molecular formula is C31H39P. The Balaban J connectivity index is 1.82. The van der Waals surface area contributed by atoms with Crippen molar-refractivity contribution in [1.29, 1.82) is 0 Å². The molecule has 168 valence electrons. The van der Waals surface area contributed by atoms with Crippen LogP contribution in [0.2, 0.25) is 0 Å². The molecule has 0 N–H and O–H groups in total. The lowest BCUT2D eigenvalue weighted by atomic mass is 9.84. The van der Waals surface area contributed by atoms with Gasteiger partial charge in [0.05, 0.1) is 0 Å². The summed E-state index contributed by atoms with van der Waals surface area (Å²) >= 11 is 0. The van der Waals surface area contributed by atoms with Gasteiger partial charge in [-0.25, -0.2) is 0 Å². The molecule has 1 heteroatoms. The Labute approximate surface area is 197 Å². The standard InChI is InChI=1S/C31H39P/c1-6-7-17-32-30(28-15-13-22(2)18-24(28)4)20-27(26-11-9-8-10-12-26)21-31(32)29-16-14-23(3)19-25(29)5/h8-16,18-19,27,30-31H,6-7,17,20-21H2,1-5H3. The molecule has 0 aromatic heterocycles. The van der Waals surface area contributed by atoms with E-state index in [1.54, 1.807) is 11.1 Å². The minimum atomic E-state index is -0.126. The minimum Gasteiger partial charge on any atom is -0.0913 e. The van der Waals surface area contributed by atoms with Crippen molar-refractivity contribution >= 4 is 7.92 Å². The van der Waals surface area contributed by atoms with Crippen LogP contribution in [-0.2, 0) is 0 Å². The molecule has 0 amide bonds. The van der Waals surface area contributed by atoms with Gasteiger partial charge in [0.2, 0.25) is 0 Å². The molecule has 0 radical (unpaired) electrons. The molecule has 1 heterocycles. The molecule has 3 aromatic rings. The van der Waals surface area contributed by atoms with E-state index in [0.717, 1.165) is 0 Å². The molecule has 1 saturated heterocycles. The van der Waals surface area contributed by atoms with Crippen molar-refractivity contribution in [3.63, 3.8) is 0 Å². The highest BCUT2D eigenvalue weighted by atomic mass is 31.1. The smallest absolute Gasteiger partial charge is 0.00557 e. The van der Waals surface area contributed by atoms with Crippen LogP contribution in [0.4, 0.5) is 0 Å². The Kier molecular flexibility index (Phi) is 7.52. The van der Waals surface area contributed by atoms with Gasteiger partial charge in [0.1, 0.15) is 0 Å². The maximum absolute atomic E-state index is 2.46. The van der Waals surface area contributed by atoms with Crippen LogP contribution in [0.3, 0.4) is 0 Å². The third kappa shape index (κ3) is 5.02. The Hall–Kier alpha value is -1.91. The zero-order valence-electron chi connectivity index (χ0n) is 20.6. The summed E-state index contributed by atoms with van der Waals surface area (Å²) in [6, 6.07) is 25.7. The zero-order chi connectivity index (χ0) is 22.7. The van der Waals surface area contributed by atoms with Crippen LogP contribution >= 0.6 is 7.92 Å². The van der Waals surface area contributed by atoms with E-state index in [-0.39, 0.29) is 7.92 Å². The summed E-state index contributed by atoms with van der Waals surface area (Å²) in [4.78, 5) is 0. The van der Waals surface area contributed by atoms with Gasteiger partial charge in [-0.05, 0) is 86.9 Å². The van der Waals surface area contributed by atoms with Crippen molar-refractivity contribution in [3.8, 4) is 0 Å². The largest absolute Gasteiger partial charge is 0.0913 e. The van der Waals surface area contributed by atoms with E-state index in [9.17, 15) is 0 Å². The third-order valence-corrected chi connectivity index (χ3v) is 10.8. The topological polar surface area (TPSA) is 0 Å². The maximum atomic E-state index is 2.46. The number of aryl methyl sites for hydroxylation is 4. The Morgan fingerprint density at radius 3 is 1.72 bits per heavy atom. The van der Waals surface area contributed by atoms with E-state index in [2.05, 4.69) is 101 Å². The molecule has 0 bridgehead atoms. The van der Waals surface area contributed by atoms with Gasteiger partial charge in [0, 0.05) is 11.3 Å². The fraction of sp³-hybridized carbons (Fsp3) is 0.419. The van der Waals surface area contributed by atoms with Gasteiger partial charge in [-0.15, -0.1) is 0 Å². The molecule has 3 aromatic carbocycles. The highest BCUT2D eigenvalue weighted by molar-refractivity contribution is 7.58. The Morgan fingerprint density at radius 1 is 0.719 bits per heavy atom. The van der Waals surface area contributed by atoms with Gasteiger partial charge in [-0.3, -0.25) is 0 Å². The molecular weight excluding hydrogens is 403 g/mol. The number of benzene rings is 3. The predicted molar refractivity (Wildman–Crippen MR) is 142 cm³/mol. The molecule has 1 aliphatic rings. The van der Waals surface area contributed by atoms with E-state index in [1.165, 1.54) is 59.7 Å². The quantitative estimate of drug-likeness (QED) is 0.333.